The summed E-state index contributed by atoms with van der Waals surface area (Å²) in [6, 6.07) is 8.92. The standard InChI is InChI=1S/C13H12N2O2/c1-9-4-3-5-10(6-9)13(16)11-7-12(17-2)15-8-14-11/h3-8H,1-2H3. The molecule has 0 radical (unpaired) electrons. The lowest BCUT2D eigenvalue weighted by Crippen LogP contribution is -2.05. The van der Waals surface area contributed by atoms with Gasteiger partial charge >= 0.3 is 0 Å². The molecular weight excluding hydrogens is 216 g/mol. The van der Waals surface area contributed by atoms with Crippen molar-refractivity contribution in [2.45, 2.75) is 6.92 Å². The Morgan fingerprint density at radius 2 is 2.06 bits per heavy atom. The molecule has 0 aliphatic carbocycles. The van der Waals surface area contributed by atoms with Crippen molar-refractivity contribution < 1.29 is 9.53 Å². The molecule has 1 aromatic carbocycles. The number of methoxy groups -OCH3 is 1. The number of nitrogens with zero attached hydrogens (tertiary/aromatic N) is 2. The Hall–Kier alpha value is -2.23. The van der Waals surface area contributed by atoms with Crippen molar-refractivity contribution in [3.8, 4) is 5.88 Å². The molecule has 2 aromatic rings. The van der Waals surface area contributed by atoms with Crippen molar-refractivity contribution in [3.05, 3.63) is 53.5 Å². The Labute approximate surface area is 99.3 Å². The molecule has 1 aromatic heterocycles. The summed E-state index contributed by atoms with van der Waals surface area (Å²) in [4.78, 5) is 19.9. The Kier molecular flexibility index (Phi) is 3.14. The lowest BCUT2D eigenvalue weighted by molar-refractivity contribution is 0.103. The summed E-state index contributed by atoms with van der Waals surface area (Å²) in [6.07, 6.45) is 1.32. The van der Waals surface area contributed by atoms with E-state index in [2.05, 4.69) is 9.97 Å². The number of ether oxygens (including phenoxy) is 1. The van der Waals surface area contributed by atoms with E-state index < -0.39 is 0 Å². The molecule has 0 fully saturated rings. The highest BCUT2D eigenvalue weighted by Gasteiger charge is 2.11. The van der Waals surface area contributed by atoms with Gasteiger partial charge in [0.15, 0.2) is 0 Å². The molecule has 2 rings (SSSR count). The van der Waals surface area contributed by atoms with Gasteiger partial charge in [0.1, 0.15) is 12.0 Å². The maximum Gasteiger partial charge on any atom is 0.216 e. The summed E-state index contributed by atoms with van der Waals surface area (Å²) in [7, 11) is 1.50. The molecule has 17 heavy (non-hydrogen) atoms. The molecule has 0 atom stereocenters. The molecule has 4 nitrogen and oxygen atoms in total. The summed E-state index contributed by atoms with van der Waals surface area (Å²) in [6.45, 7) is 1.94. The van der Waals surface area contributed by atoms with Crippen LogP contribution in [0.5, 0.6) is 5.88 Å². The van der Waals surface area contributed by atoms with Gasteiger partial charge in [0, 0.05) is 11.6 Å². The van der Waals surface area contributed by atoms with Crippen LogP contribution in [0.1, 0.15) is 21.6 Å². The molecular formula is C13H12N2O2. The van der Waals surface area contributed by atoms with Gasteiger partial charge in [-0.2, -0.15) is 0 Å². The zero-order chi connectivity index (χ0) is 12.3. The van der Waals surface area contributed by atoms with Gasteiger partial charge in [-0.1, -0.05) is 23.8 Å². The van der Waals surface area contributed by atoms with Crippen molar-refractivity contribution in [1.82, 2.24) is 9.97 Å². The summed E-state index contributed by atoms with van der Waals surface area (Å²) in [5.74, 6) is 0.255. The van der Waals surface area contributed by atoms with E-state index in [0.29, 0.717) is 17.1 Å². The molecule has 0 amide bonds. The third-order valence-electron chi connectivity index (χ3n) is 2.36. The van der Waals surface area contributed by atoms with Crippen LogP contribution < -0.4 is 4.74 Å². The predicted octanol–water partition coefficient (Wildman–Crippen LogP) is 2.02. The summed E-state index contributed by atoms with van der Waals surface area (Å²) in [5, 5.41) is 0. The van der Waals surface area contributed by atoms with Crippen molar-refractivity contribution in [2.24, 2.45) is 0 Å². The fourth-order valence-electron chi connectivity index (χ4n) is 1.51. The highest BCUT2D eigenvalue weighted by molar-refractivity contribution is 6.07. The summed E-state index contributed by atoms with van der Waals surface area (Å²) in [5.41, 5.74) is 1.99. The highest BCUT2D eigenvalue weighted by Crippen LogP contribution is 2.12. The average molecular weight is 228 g/mol. The number of hydrogen-bond donors (Lipinski definition) is 0. The summed E-state index contributed by atoms with van der Waals surface area (Å²) < 4.78 is 4.96. The first-order chi connectivity index (χ1) is 8.20. The number of aromatic nitrogens is 2. The van der Waals surface area contributed by atoms with Crippen LogP contribution in [-0.4, -0.2) is 22.9 Å². The molecule has 0 N–H and O–H groups in total. The van der Waals surface area contributed by atoms with E-state index in [9.17, 15) is 4.79 Å². The fourth-order valence-corrected chi connectivity index (χ4v) is 1.51. The van der Waals surface area contributed by atoms with Crippen LogP contribution in [0.4, 0.5) is 0 Å². The Morgan fingerprint density at radius 3 is 2.76 bits per heavy atom. The molecule has 0 aliphatic heterocycles. The zero-order valence-corrected chi connectivity index (χ0v) is 9.68. The number of ketones is 1. The molecule has 0 saturated carbocycles. The normalized spacial score (nSPS) is 10.0. The fraction of sp³-hybridized carbons (Fsp3) is 0.154. The molecule has 0 bridgehead atoms. The Balaban J connectivity index is 2.36. The second-order valence-corrected chi connectivity index (χ2v) is 3.64. The van der Waals surface area contributed by atoms with Gasteiger partial charge in [0.2, 0.25) is 11.7 Å². The number of rotatable bonds is 3. The van der Waals surface area contributed by atoms with E-state index in [4.69, 9.17) is 4.74 Å². The molecule has 0 saturated heterocycles. The molecule has 4 heteroatoms. The number of hydrogen-bond acceptors (Lipinski definition) is 4. The first-order valence-corrected chi connectivity index (χ1v) is 5.18. The third-order valence-corrected chi connectivity index (χ3v) is 2.36. The van der Waals surface area contributed by atoms with Crippen molar-refractivity contribution in [1.29, 1.82) is 0 Å². The lowest BCUT2D eigenvalue weighted by Gasteiger charge is -2.03. The van der Waals surface area contributed by atoms with Crippen molar-refractivity contribution in [2.75, 3.05) is 7.11 Å². The van der Waals surface area contributed by atoms with Gasteiger partial charge in [-0.25, -0.2) is 9.97 Å². The van der Waals surface area contributed by atoms with Crippen molar-refractivity contribution in [3.63, 3.8) is 0 Å². The average Bonchev–Trinajstić information content (AvgIpc) is 2.38. The molecule has 0 unspecified atom stereocenters. The van der Waals surface area contributed by atoms with Gasteiger partial charge in [-0.05, 0) is 13.0 Å². The minimum Gasteiger partial charge on any atom is -0.481 e. The molecule has 0 spiro atoms. The Bertz CT molecular complexity index is 553. The van der Waals surface area contributed by atoms with Gasteiger partial charge in [0.05, 0.1) is 7.11 Å². The van der Waals surface area contributed by atoms with E-state index in [0.717, 1.165) is 5.56 Å². The van der Waals surface area contributed by atoms with E-state index >= 15 is 0 Å². The van der Waals surface area contributed by atoms with Gasteiger partial charge < -0.3 is 4.74 Å². The minimum absolute atomic E-state index is 0.130. The van der Waals surface area contributed by atoms with Crippen molar-refractivity contribution >= 4 is 5.78 Å². The van der Waals surface area contributed by atoms with Crippen LogP contribution >= 0.6 is 0 Å². The third kappa shape index (κ3) is 2.47. The van der Waals surface area contributed by atoms with Crippen LogP contribution in [0.3, 0.4) is 0 Å². The first kappa shape index (κ1) is 11.3. The van der Waals surface area contributed by atoms with Crippen LogP contribution in [-0.2, 0) is 0 Å². The van der Waals surface area contributed by atoms with E-state index in [1.807, 2.05) is 25.1 Å². The van der Waals surface area contributed by atoms with Crippen LogP contribution in [0.15, 0.2) is 36.7 Å². The topological polar surface area (TPSA) is 52.1 Å². The number of carbonyl (C=O) groups excluding carboxylic acids is 1. The molecule has 0 aliphatic rings. The maximum absolute atomic E-state index is 12.1. The van der Waals surface area contributed by atoms with E-state index in [-0.39, 0.29) is 5.78 Å². The SMILES string of the molecule is COc1cc(C(=O)c2cccc(C)c2)ncn1. The molecule has 1 heterocycles. The number of benzene rings is 1. The van der Waals surface area contributed by atoms with E-state index in [1.54, 1.807) is 6.07 Å². The Morgan fingerprint density at radius 1 is 1.24 bits per heavy atom. The zero-order valence-electron chi connectivity index (χ0n) is 9.68. The van der Waals surface area contributed by atoms with Crippen LogP contribution in [0, 0.1) is 6.92 Å². The smallest absolute Gasteiger partial charge is 0.216 e. The van der Waals surface area contributed by atoms with Gasteiger partial charge in [0.25, 0.3) is 0 Å². The number of aryl methyl sites for hydroxylation is 1. The second kappa shape index (κ2) is 4.74. The van der Waals surface area contributed by atoms with E-state index in [1.165, 1.54) is 19.5 Å². The largest absolute Gasteiger partial charge is 0.481 e. The quantitative estimate of drug-likeness (QED) is 0.754. The summed E-state index contributed by atoms with van der Waals surface area (Å²) >= 11 is 0. The minimum atomic E-state index is -0.130. The van der Waals surface area contributed by atoms with Gasteiger partial charge in [-0.15, -0.1) is 0 Å². The molecule has 86 valence electrons. The first-order valence-electron chi connectivity index (χ1n) is 5.18. The van der Waals surface area contributed by atoms with Crippen LogP contribution in [0.25, 0.3) is 0 Å². The lowest BCUT2D eigenvalue weighted by atomic mass is 10.1. The van der Waals surface area contributed by atoms with Gasteiger partial charge in [-0.3, -0.25) is 4.79 Å². The maximum atomic E-state index is 12.1. The highest BCUT2D eigenvalue weighted by atomic mass is 16.5. The number of carbonyl (C=O) groups is 1. The second-order valence-electron chi connectivity index (χ2n) is 3.64. The monoisotopic (exact) mass is 228 g/mol. The predicted molar refractivity (Wildman–Crippen MR) is 63.2 cm³/mol. The van der Waals surface area contributed by atoms with Crippen LogP contribution in [0.2, 0.25) is 0 Å².